The first-order valence-corrected chi connectivity index (χ1v) is 9.82. The molecule has 2 heteroatoms. The van der Waals surface area contributed by atoms with Crippen LogP contribution < -0.4 is 5.19 Å². The quantitative estimate of drug-likeness (QED) is 0.835. The highest BCUT2D eigenvalue weighted by molar-refractivity contribution is 6.88. The molecule has 0 bridgehead atoms. The van der Waals surface area contributed by atoms with Crippen LogP contribution in [0.25, 0.3) is 0 Å². The molecule has 0 radical (unpaired) electrons. The summed E-state index contributed by atoms with van der Waals surface area (Å²) in [6.07, 6.45) is -0.526. The van der Waals surface area contributed by atoms with Crippen molar-refractivity contribution in [1.29, 1.82) is 0 Å². The third-order valence-electron chi connectivity index (χ3n) is 3.21. The Morgan fingerprint density at radius 1 is 0.778 bits per heavy atom. The van der Waals surface area contributed by atoms with Crippen molar-refractivity contribution in [3.63, 3.8) is 0 Å². The molecule has 1 atom stereocenters. The van der Waals surface area contributed by atoms with Crippen molar-refractivity contribution in [2.24, 2.45) is 0 Å². The van der Waals surface area contributed by atoms with Gasteiger partial charge in [-0.1, -0.05) is 79.4 Å². The van der Waals surface area contributed by atoms with E-state index in [0.29, 0.717) is 0 Å². The van der Waals surface area contributed by atoms with Crippen molar-refractivity contribution in [1.82, 2.24) is 0 Å². The molecule has 94 valence electrons. The van der Waals surface area contributed by atoms with E-state index in [2.05, 4.69) is 31.8 Å². The van der Waals surface area contributed by atoms with Gasteiger partial charge in [0, 0.05) is 0 Å². The molecule has 0 spiro atoms. The van der Waals surface area contributed by atoms with E-state index in [9.17, 15) is 5.11 Å². The molecule has 1 unspecified atom stereocenters. The Kier molecular flexibility index (Phi) is 3.69. The summed E-state index contributed by atoms with van der Waals surface area (Å²) in [5.41, 5.74) is 1.90. The molecule has 2 rings (SSSR count). The van der Waals surface area contributed by atoms with Crippen LogP contribution in [-0.4, -0.2) is 13.2 Å². The van der Waals surface area contributed by atoms with Gasteiger partial charge in [0.25, 0.3) is 0 Å². The molecule has 0 aliphatic rings. The largest absolute Gasteiger partial charge is 0.384 e. The van der Waals surface area contributed by atoms with Gasteiger partial charge in [-0.2, -0.15) is 0 Å². The number of aliphatic hydroxyl groups is 1. The summed E-state index contributed by atoms with van der Waals surface area (Å²) in [5.74, 6) is 0. The van der Waals surface area contributed by atoms with Crippen LogP contribution in [0.5, 0.6) is 0 Å². The van der Waals surface area contributed by atoms with Crippen LogP contribution in [-0.2, 0) is 0 Å². The Labute approximate surface area is 110 Å². The van der Waals surface area contributed by atoms with Gasteiger partial charge in [0.05, 0.1) is 8.07 Å². The van der Waals surface area contributed by atoms with Gasteiger partial charge in [-0.05, 0) is 11.1 Å². The summed E-state index contributed by atoms with van der Waals surface area (Å²) in [6, 6.07) is 18.2. The highest BCUT2D eigenvalue weighted by Gasteiger charge is 2.17. The van der Waals surface area contributed by atoms with Crippen LogP contribution in [0.1, 0.15) is 17.2 Å². The third kappa shape index (κ3) is 2.89. The van der Waals surface area contributed by atoms with Crippen molar-refractivity contribution < 1.29 is 5.11 Å². The van der Waals surface area contributed by atoms with Crippen molar-refractivity contribution >= 4 is 13.3 Å². The zero-order valence-corrected chi connectivity index (χ0v) is 12.2. The maximum absolute atomic E-state index is 10.3. The zero-order valence-electron chi connectivity index (χ0n) is 11.2. The highest BCUT2D eigenvalue weighted by Crippen LogP contribution is 2.21. The lowest BCUT2D eigenvalue weighted by atomic mass is 10.0. The highest BCUT2D eigenvalue weighted by atomic mass is 28.3. The fourth-order valence-electron chi connectivity index (χ4n) is 1.99. The molecule has 0 heterocycles. The first kappa shape index (κ1) is 13.1. The molecule has 18 heavy (non-hydrogen) atoms. The van der Waals surface area contributed by atoms with Gasteiger partial charge < -0.3 is 5.11 Å². The second kappa shape index (κ2) is 5.08. The van der Waals surface area contributed by atoms with E-state index in [-0.39, 0.29) is 0 Å². The van der Waals surface area contributed by atoms with Crippen LogP contribution in [0.3, 0.4) is 0 Å². The summed E-state index contributed by atoms with van der Waals surface area (Å²) < 4.78 is 0. The first-order valence-electron chi connectivity index (χ1n) is 6.32. The number of hydrogen-bond donors (Lipinski definition) is 1. The molecule has 0 aliphatic carbocycles. The average molecular weight is 256 g/mol. The molecule has 1 N–H and O–H groups in total. The van der Waals surface area contributed by atoms with E-state index in [1.165, 1.54) is 5.19 Å². The van der Waals surface area contributed by atoms with E-state index >= 15 is 0 Å². The zero-order chi connectivity index (χ0) is 13.2. The number of hydrogen-bond acceptors (Lipinski definition) is 1. The predicted octanol–water partition coefficient (Wildman–Crippen LogP) is 3.31. The van der Waals surface area contributed by atoms with Gasteiger partial charge in [-0.3, -0.25) is 0 Å². The van der Waals surface area contributed by atoms with Crippen LogP contribution in [0.15, 0.2) is 54.6 Å². The lowest BCUT2D eigenvalue weighted by molar-refractivity contribution is 0.220. The molecule has 0 saturated carbocycles. The molecular weight excluding hydrogens is 236 g/mol. The normalized spacial score (nSPS) is 13.3. The van der Waals surface area contributed by atoms with E-state index < -0.39 is 14.2 Å². The van der Waals surface area contributed by atoms with Crippen molar-refractivity contribution in [2.45, 2.75) is 25.7 Å². The Morgan fingerprint density at radius 3 is 1.78 bits per heavy atom. The van der Waals surface area contributed by atoms with Gasteiger partial charge in [0.2, 0.25) is 0 Å². The molecule has 1 nitrogen and oxygen atoms in total. The van der Waals surface area contributed by atoms with Crippen LogP contribution in [0.2, 0.25) is 19.6 Å². The van der Waals surface area contributed by atoms with Gasteiger partial charge in [-0.15, -0.1) is 0 Å². The Balaban J connectivity index is 2.25. The van der Waals surface area contributed by atoms with Crippen molar-refractivity contribution in [3.8, 4) is 0 Å². The average Bonchev–Trinajstić information content (AvgIpc) is 2.38. The van der Waals surface area contributed by atoms with Crippen LogP contribution in [0.4, 0.5) is 0 Å². The summed E-state index contributed by atoms with van der Waals surface area (Å²) in [4.78, 5) is 0. The lowest BCUT2D eigenvalue weighted by Gasteiger charge is -2.18. The number of aliphatic hydroxyl groups excluding tert-OH is 1. The van der Waals surface area contributed by atoms with E-state index in [1.807, 2.05) is 42.5 Å². The minimum absolute atomic E-state index is 0.526. The minimum Gasteiger partial charge on any atom is -0.384 e. The SMILES string of the molecule is C[Si](C)(C)c1ccc(C(O)c2ccccc2)cc1. The molecule has 0 fully saturated rings. The van der Waals surface area contributed by atoms with Crippen LogP contribution >= 0.6 is 0 Å². The van der Waals surface area contributed by atoms with Gasteiger partial charge in [0.15, 0.2) is 0 Å². The minimum atomic E-state index is -1.25. The molecule has 0 aliphatic heterocycles. The molecule has 0 amide bonds. The van der Waals surface area contributed by atoms with Gasteiger partial charge in [0.1, 0.15) is 6.10 Å². The van der Waals surface area contributed by atoms with E-state index in [0.717, 1.165) is 11.1 Å². The van der Waals surface area contributed by atoms with Crippen molar-refractivity contribution in [3.05, 3.63) is 65.7 Å². The van der Waals surface area contributed by atoms with Crippen molar-refractivity contribution in [2.75, 3.05) is 0 Å². The summed E-state index contributed by atoms with van der Waals surface area (Å²) in [5, 5.41) is 11.7. The van der Waals surface area contributed by atoms with Gasteiger partial charge in [-0.25, -0.2) is 0 Å². The predicted molar refractivity (Wildman–Crippen MR) is 79.9 cm³/mol. The molecule has 2 aromatic rings. The molecule has 0 saturated heterocycles. The van der Waals surface area contributed by atoms with E-state index in [1.54, 1.807) is 0 Å². The smallest absolute Gasteiger partial charge is 0.104 e. The Hall–Kier alpha value is -1.38. The standard InChI is InChI=1S/C16H20OSi/c1-18(2,3)15-11-9-14(10-12-15)16(17)13-7-5-4-6-8-13/h4-12,16-17H,1-3H3. The maximum Gasteiger partial charge on any atom is 0.104 e. The number of benzene rings is 2. The fourth-order valence-corrected chi connectivity index (χ4v) is 3.16. The van der Waals surface area contributed by atoms with Crippen LogP contribution in [0, 0.1) is 0 Å². The van der Waals surface area contributed by atoms with Gasteiger partial charge >= 0.3 is 0 Å². The maximum atomic E-state index is 10.3. The lowest BCUT2D eigenvalue weighted by Crippen LogP contribution is -2.37. The first-order chi connectivity index (χ1) is 8.48. The molecule has 0 aromatic heterocycles. The summed E-state index contributed by atoms with van der Waals surface area (Å²) >= 11 is 0. The molecule has 2 aromatic carbocycles. The number of rotatable bonds is 3. The van der Waals surface area contributed by atoms with E-state index in [4.69, 9.17) is 0 Å². The fraction of sp³-hybridized carbons (Fsp3) is 0.250. The topological polar surface area (TPSA) is 20.2 Å². The molecular formula is C16H20OSi. The Morgan fingerprint density at radius 2 is 1.28 bits per heavy atom. The second-order valence-corrected chi connectivity index (χ2v) is 10.8. The third-order valence-corrected chi connectivity index (χ3v) is 5.27. The Bertz CT molecular complexity index is 497. The monoisotopic (exact) mass is 256 g/mol. The second-order valence-electron chi connectivity index (χ2n) is 5.69. The summed E-state index contributed by atoms with van der Waals surface area (Å²) in [7, 11) is -1.25. The summed E-state index contributed by atoms with van der Waals surface area (Å²) in [6.45, 7) is 6.99.